The van der Waals surface area contributed by atoms with Crippen molar-refractivity contribution in [3.63, 3.8) is 0 Å². The van der Waals surface area contributed by atoms with E-state index in [2.05, 4.69) is 0 Å². The van der Waals surface area contributed by atoms with Gasteiger partial charge in [-0.05, 0) is 54.2 Å². The van der Waals surface area contributed by atoms with Crippen LogP contribution < -0.4 is 5.84 Å². The van der Waals surface area contributed by atoms with Gasteiger partial charge in [0.25, 0.3) is 0 Å². The number of benzene rings is 2. The van der Waals surface area contributed by atoms with Crippen molar-refractivity contribution in [3.05, 3.63) is 71.3 Å². The summed E-state index contributed by atoms with van der Waals surface area (Å²) in [5.74, 6) is 5.64. The Balaban J connectivity index is 2.01. The second-order valence-corrected chi connectivity index (χ2v) is 5.98. The lowest BCUT2D eigenvalue weighted by Crippen LogP contribution is -2.42. The minimum atomic E-state index is -0.265. The topological polar surface area (TPSA) is 29.3 Å². The molecule has 1 aliphatic heterocycles. The zero-order valence-electron chi connectivity index (χ0n) is 12.4. The molecule has 1 aliphatic rings. The van der Waals surface area contributed by atoms with Crippen molar-refractivity contribution in [1.82, 2.24) is 5.01 Å². The fourth-order valence-corrected chi connectivity index (χ4v) is 3.45. The van der Waals surface area contributed by atoms with E-state index >= 15 is 0 Å². The van der Waals surface area contributed by atoms with E-state index in [1.807, 2.05) is 12.1 Å². The smallest absolute Gasteiger partial charge is 0.123 e. The van der Waals surface area contributed by atoms with Crippen LogP contribution in [0.3, 0.4) is 0 Å². The van der Waals surface area contributed by atoms with Gasteiger partial charge in [0.05, 0.1) is 0 Å². The standard InChI is InChI=1S/C18H20F2N2/c19-16-7-1-4-13(10-16)18(14-5-2-8-17(20)11-14)15-6-3-9-22(21)12-15/h1-2,4-5,7-8,10-11,15,18H,3,6,9,12,21H2/t15-/m1/s1. The first-order valence-electron chi connectivity index (χ1n) is 7.64. The minimum absolute atomic E-state index is 0.0438. The van der Waals surface area contributed by atoms with Crippen LogP contribution in [-0.2, 0) is 0 Å². The van der Waals surface area contributed by atoms with Gasteiger partial charge in [-0.15, -0.1) is 0 Å². The molecule has 2 aromatic carbocycles. The molecule has 0 radical (unpaired) electrons. The van der Waals surface area contributed by atoms with Crippen LogP contribution in [-0.4, -0.2) is 18.1 Å². The lowest BCUT2D eigenvalue weighted by atomic mass is 9.77. The molecule has 0 aliphatic carbocycles. The van der Waals surface area contributed by atoms with Gasteiger partial charge in [-0.3, -0.25) is 5.84 Å². The van der Waals surface area contributed by atoms with Gasteiger partial charge in [0.1, 0.15) is 11.6 Å². The maximum atomic E-state index is 13.7. The van der Waals surface area contributed by atoms with Crippen LogP contribution in [0.5, 0.6) is 0 Å². The van der Waals surface area contributed by atoms with Gasteiger partial charge in [-0.2, -0.15) is 0 Å². The Kier molecular flexibility index (Phi) is 4.50. The molecule has 2 N–H and O–H groups in total. The van der Waals surface area contributed by atoms with Crippen LogP contribution in [0.25, 0.3) is 0 Å². The number of hydrazine groups is 1. The molecule has 0 spiro atoms. The fourth-order valence-electron chi connectivity index (χ4n) is 3.45. The number of piperidine rings is 1. The van der Waals surface area contributed by atoms with E-state index in [0.717, 1.165) is 37.1 Å². The Morgan fingerprint density at radius 2 is 1.59 bits per heavy atom. The predicted octanol–water partition coefficient (Wildman–Crippen LogP) is 3.68. The van der Waals surface area contributed by atoms with Crippen molar-refractivity contribution in [2.75, 3.05) is 13.1 Å². The van der Waals surface area contributed by atoms with E-state index in [9.17, 15) is 8.78 Å². The molecule has 1 atom stereocenters. The summed E-state index contributed by atoms with van der Waals surface area (Å²) < 4.78 is 27.3. The highest BCUT2D eigenvalue weighted by Crippen LogP contribution is 2.37. The number of nitrogens with zero attached hydrogens (tertiary/aromatic N) is 1. The first kappa shape index (κ1) is 15.1. The Labute approximate surface area is 129 Å². The molecule has 0 aromatic heterocycles. The third kappa shape index (κ3) is 3.34. The fraction of sp³-hybridized carbons (Fsp3) is 0.333. The van der Waals surface area contributed by atoms with Crippen LogP contribution >= 0.6 is 0 Å². The quantitative estimate of drug-likeness (QED) is 0.876. The molecule has 116 valence electrons. The third-order valence-electron chi connectivity index (χ3n) is 4.38. The van der Waals surface area contributed by atoms with Gasteiger partial charge in [-0.25, -0.2) is 13.8 Å². The molecular weight excluding hydrogens is 282 g/mol. The summed E-state index contributed by atoms with van der Waals surface area (Å²) in [4.78, 5) is 0. The van der Waals surface area contributed by atoms with E-state index in [4.69, 9.17) is 5.84 Å². The predicted molar refractivity (Wildman–Crippen MR) is 83.1 cm³/mol. The van der Waals surface area contributed by atoms with Crippen LogP contribution in [0.2, 0.25) is 0 Å². The molecule has 0 amide bonds. The van der Waals surface area contributed by atoms with Crippen LogP contribution in [0.15, 0.2) is 48.5 Å². The summed E-state index contributed by atoms with van der Waals surface area (Å²) in [5.41, 5.74) is 1.76. The van der Waals surface area contributed by atoms with E-state index in [-0.39, 0.29) is 23.5 Å². The summed E-state index contributed by atoms with van der Waals surface area (Å²) in [7, 11) is 0. The number of halogens is 2. The number of hydrogen-bond acceptors (Lipinski definition) is 2. The highest BCUT2D eigenvalue weighted by atomic mass is 19.1. The minimum Gasteiger partial charge on any atom is -0.269 e. The van der Waals surface area contributed by atoms with Gasteiger partial charge >= 0.3 is 0 Å². The maximum absolute atomic E-state index is 13.7. The molecule has 1 saturated heterocycles. The maximum Gasteiger partial charge on any atom is 0.123 e. The lowest BCUT2D eigenvalue weighted by Gasteiger charge is -2.35. The Morgan fingerprint density at radius 1 is 1.00 bits per heavy atom. The molecule has 3 rings (SSSR count). The monoisotopic (exact) mass is 302 g/mol. The van der Waals surface area contributed by atoms with Crippen molar-refractivity contribution in [3.8, 4) is 0 Å². The van der Waals surface area contributed by atoms with Gasteiger partial charge in [0.15, 0.2) is 0 Å². The van der Waals surface area contributed by atoms with Crippen molar-refractivity contribution >= 4 is 0 Å². The summed E-state index contributed by atoms with van der Waals surface area (Å²) in [6.07, 6.45) is 2.01. The highest BCUT2D eigenvalue weighted by molar-refractivity contribution is 5.34. The summed E-state index contributed by atoms with van der Waals surface area (Å²) in [6.45, 7) is 1.60. The van der Waals surface area contributed by atoms with E-state index in [0.29, 0.717) is 0 Å². The lowest BCUT2D eigenvalue weighted by molar-refractivity contribution is 0.167. The molecule has 2 nitrogen and oxygen atoms in total. The molecule has 1 fully saturated rings. The van der Waals surface area contributed by atoms with Crippen LogP contribution in [0, 0.1) is 17.6 Å². The van der Waals surface area contributed by atoms with E-state index in [1.54, 1.807) is 29.3 Å². The van der Waals surface area contributed by atoms with Gasteiger partial charge < -0.3 is 0 Å². The van der Waals surface area contributed by atoms with Gasteiger partial charge in [0, 0.05) is 19.0 Å². The first-order valence-corrected chi connectivity index (χ1v) is 7.64. The summed E-state index contributed by atoms with van der Waals surface area (Å²) in [6, 6.07) is 13.2. The highest BCUT2D eigenvalue weighted by Gasteiger charge is 2.29. The molecular formula is C18H20F2N2. The van der Waals surface area contributed by atoms with Crippen molar-refractivity contribution in [1.29, 1.82) is 0 Å². The van der Waals surface area contributed by atoms with E-state index < -0.39 is 0 Å². The molecule has 22 heavy (non-hydrogen) atoms. The molecule has 0 unspecified atom stereocenters. The zero-order chi connectivity index (χ0) is 15.5. The normalized spacial score (nSPS) is 19.5. The molecule has 0 saturated carbocycles. The zero-order valence-corrected chi connectivity index (χ0v) is 12.4. The Bertz CT molecular complexity index is 599. The average Bonchev–Trinajstić information content (AvgIpc) is 2.48. The van der Waals surface area contributed by atoms with Crippen LogP contribution in [0.4, 0.5) is 8.78 Å². The van der Waals surface area contributed by atoms with E-state index in [1.165, 1.54) is 12.1 Å². The summed E-state index contributed by atoms with van der Waals surface area (Å²) in [5, 5.41) is 1.81. The van der Waals surface area contributed by atoms with Crippen LogP contribution in [0.1, 0.15) is 29.9 Å². The van der Waals surface area contributed by atoms with Crippen molar-refractivity contribution < 1.29 is 8.78 Å². The molecule has 0 bridgehead atoms. The largest absolute Gasteiger partial charge is 0.269 e. The number of rotatable bonds is 3. The Hall–Kier alpha value is -1.78. The second-order valence-electron chi connectivity index (χ2n) is 5.98. The summed E-state index contributed by atoms with van der Waals surface area (Å²) >= 11 is 0. The van der Waals surface area contributed by atoms with Gasteiger partial charge in [0.2, 0.25) is 0 Å². The SMILES string of the molecule is NN1CCC[C@@H](C(c2cccc(F)c2)c2cccc(F)c2)C1. The van der Waals surface area contributed by atoms with Crippen molar-refractivity contribution in [2.24, 2.45) is 11.8 Å². The van der Waals surface area contributed by atoms with Crippen molar-refractivity contribution in [2.45, 2.75) is 18.8 Å². The molecule has 2 aromatic rings. The van der Waals surface area contributed by atoms with Gasteiger partial charge in [-0.1, -0.05) is 24.3 Å². The molecule has 4 heteroatoms. The number of nitrogens with two attached hydrogens (primary N) is 1. The molecule has 1 heterocycles. The Morgan fingerprint density at radius 3 is 2.09 bits per heavy atom. The number of hydrogen-bond donors (Lipinski definition) is 1. The average molecular weight is 302 g/mol. The second kappa shape index (κ2) is 6.55. The third-order valence-corrected chi connectivity index (χ3v) is 4.38. The first-order chi connectivity index (χ1) is 10.6.